The van der Waals surface area contributed by atoms with Crippen molar-refractivity contribution in [2.45, 2.75) is 13.0 Å². The number of nitrogens with two attached hydrogens (primary N) is 1. The summed E-state index contributed by atoms with van der Waals surface area (Å²) in [6.07, 6.45) is 0. The van der Waals surface area contributed by atoms with Crippen LogP contribution in [-0.4, -0.2) is 0 Å². The van der Waals surface area contributed by atoms with Crippen LogP contribution in [0.1, 0.15) is 22.7 Å². The summed E-state index contributed by atoms with van der Waals surface area (Å²) in [7, 11) is 0. The fraction of sp³-hybridized carbons (Fsp3) is 0.111. The number of rotatable bonds is 2. The molecule has 0 aliphatic heterocycles. The zero-order valence-electron chi connectivity index (χ0n) is 11.3. The van der Waals surface area contributed by atoms with Gasteiger partial charge in [-0.3, -0.25) is 0 Å². The maximum absolute atomic E-state index is 13.4. The summed E-state index contributed by atoms with van der Waals surface area (Å²) in [5.41, 5.74) is 9.15. The molecule has 3 aromatic carbocycles. The van der Waals surface area contributed by atoms with Gasteiger partial charge in [0.15, 0.2) is 0 Å². The van der Waals surface area contributed by atoms with Crippen LogP contribution in [0.15, 0.2) is 60.7 Å². The Morgan fingerprint density at radius 1 is 0.900 bits per heavy atom. The zero-order valence-corrected chi connectivity index (χ0v) is 11.3. The van der Waals surface area contributed by atoms with Gasteiger partial charge in [-0.2, -0.15) is 0 Å². The van der Waals surface area contributed by atoms with Crippen molar-refractivity contribution >= 4 is 10.8 Å². The first-order chi connectivity index (χ1) is 9.65. The molecule has 100 valence electrons. The van der Waals surface area contributed by atoms with Crippen LogP contribution in [0.25, 0.3) is 10.8 Å². The lowest BCUT2D eigenvalue weighted by molar-refractivity contribution is 0.622. The maximum Gasteiger partial charge on any atom is 0.123 e. The summed E-state index contributed by atoms with van der Waals surface area (Å²) >= 11 is 0. The molecule has 0 bridgehead atoms. The quantitative estimate of drug-likeness (QED) is 0.733. The smallest absolute Gasteiger partial charge is 0.123 e. The van der Waals surface area contributed by atoms with Crippen LogP contribution in [0.2, 0.25) is 0 Å². The molecule has 0 aliphatic carbocycles. The molecular formula is C18H16FN. The molecule has 0 aliphatic rings. The average molecular weight is 265 g/mol. The van der Waals surface area contributed by atoms with Crippen molar-refractivity contribution in [3.63, 3.8) is 0 Å². The van der Waals surface area contributed by atoms with E-state index in [1.54, 1.807) is 6.07 Å². The number of halogens is 1. The second kappa shape index (κ2) is 5.06. The van der Waals surface area contributed by atoms with Gasteiger partial charge < -0.3 is 5.73 Å². The van der Waals surface area contributed by atoms with E-state index in [4.69, 9.17) is 5.73 Å². The molecule has 2 heteroatoms. The maximum atomic E-state index is 13.4. The van der Waals surface area contributed by atoms with Gasteiger partial charge in [-0.25, -0.2) is 4.39 Å². The molecule has 2 N–H and O–H groups in total. The van der Waals surface area contributed by atoms with Crippen molar-refractivity contribution in [1.82, 2.24) is 0 Å². The molecular weight excluding hydrogens is 249 g/mol. The highest BCUT2D eigenvalue weighted by molar-refractivity contribution is 5.83. The van der Waals surface area contributed by atoms with Crippen molar-refractivity contribution < 1.29 is 4.39 Å². The number of hydrogen-bond acceptors (Lipinski definition) is 1. The SMILES string of the molecule is Cc1ccc(F)cc1C(N)c1ccc2ccccc2c1. The molecule has 0 saturated heterocycles. The lowest BCUT2D eigenvalue weighted by atomic mass is 9.94. The third-order valence-electron chi connectivity index (χ3n) is 3.71. The molecule has 0 spiro atoms. The van der Waals surface area contributed by atoms with E-state index >= 15 is 0 Å². The summed E-state index contributed by atoms with van der Waals surface area (Å²) in [6.45, 7) is 1.95. The van der Waals surface area contributed by atoms with Crippen LogP contribution in [0, 0.1) is 12.7 Å². The van der Waals surface area contributed by atoms with E-state index in [1.165, 1.54) is 17.5 Å². The van der Waals surface area contributed by atoms with Gasteiger partial charge in [0, 0.05) is 0 Å². The van der Waals surface area contributed by atoms with Crippen LogP contribution in [0.5, 0.6) is 0 Å². The topological polar surface area (TPSA) is 26.0 Å². The second-order valence-corrected chi connectivity index (χ2v) is 5.09. The molecule has 3 rings (SSSR count). The normalized spacial score (nSPS) is 12.6. The summed E-state index contributed by atoms with van der Waals surface area (Å²) in [6, 6.07) is 18.7. The molecule has 0 heterocycles. The summed E-state index contributed by atoms with van der Waals surface area (Å²) in [5.74, 6) is -0.248. The lowest BCUT2D eigenvalue weighted by Crippen LogP contribution is -2.13. The number of hydrogen-bond donors (Lipinski definition) is 1. The third-order valence-corrected chi connectivity index (χ3v) is 3.71. The fourth-order valence-electron chi connectivity index (χ4n) is 2.53. The molecule has 1 unspecified atom stereocenters. The van der Waals surface area contributed by atoms with Crippen molar-refractivity contribution in [2.24, 2.45) is 5.73 Å². The van der Waals surface area contributed by atoms with Gasteiger partial charge in [0.2, 0.25) is 0 Å². The van der Waals surface area contributed by atoms with Crippen LogP contribution in [0.4, 0.5) is 4.39 Å². The van der Waals surface area contributed by atoms with Crippen LogP contribution < -0.4 is 5.73 Å². The number of fused-ring (bicyclic) bond motifs is 1. The van der Waals surface area contributed by atoms with E-state index in [0.29, 0.717) is 0 Å². The van der Waals surface area contributed by atoms with E-state index in [2.05, 4.69) is 24.3 Å². The number of benzene rings is 3. The van der Waals surface area contributed by atoms with E-state index in [0.717, 1.165) is 22.1 Å². The van der Waals surface area contributed by atoms with E-state index < -0.39 is 0 Å². The summed E-state index contributed by atoms with van der Waals surface area (Å²) in [4.78, 5) is 0. The molecule has 3 aromatic rings. The first kappa shape index (κ1) is 12.8. The third kappa shape index (κ3) is 2.30. The monoisotopic (exact) mass is 265 g/mol. The van der Waals surface area contributed by atoms with Gasteiger partial charge in [0.05, 0.1) is 6.04 Å². The first-order valence-corrected chi connectivity index (χ1v) is 6.65. The van der Waals surface area contributed by atoms with Crippen molar-refractivity contribution in [3.05, 3.63) is 83.2 Å². The Hall–Kier alpha value is -2.19. The molecule has 0 radical (unpaired) electrons. The Balaban J connectivity index is 2.07. The van der Waals surface area contributed by atoms with E-state index in [-0.39, 0.29) is 11.9 Å². The largest absolute Gasteiger partial charge is 0.320 e. The second-order valence-electron chi connectivity index (χ2n) is 5.09. The molecule has 0 amide bonds. The van der Waals surface area contributed by atoms with Gasteiger partial charge in [0.25, 0.3) is 0 Å². The molecule has 0 fully saturated rings. The Labute approximate surface area is 117 Å². The molecule has 1 atom stereocenters. The number of aryl methyl sites for hydroxylation is 1. The van der Waals surface area contributed by atoms with E-state index in [1.807, 2.05) is 25.1 Å². The minimum atomic E-state index is -0.310. The van der Waals surface area contributed by atoms with Crippen molar-refractivity contribution in [1.29, 1.82) is 0 Å². The van der Waals surface area contributed by atoms with E-state index in [9.17, 15) is 4.39 Å². The standard InChI is InChI=1S/C18H16FN/c1-12-6-9-16(19)11-17(12)18(20)15-8-7-13-4-2-3-5-14(13)10-15/h2-11,18H,20H2,1H3. The Morgan fingerprint density at radius 2 is 1.65 bits per heavy atom. The predicted molar refractivity (Wildman–Crippen MR) is 81.1 cm³/mol. The summed E-state index contributed by atoms with van der Waals surface area (Å²) < 4.78 is 13.4. The first-order valence-electron chi connectivity index (χ1n) is 6.65. The fourth-order valence-corrected chi connectivity index (χ4v) is 2.53. The van der Waals surface area contributed by atoms with Crippen molar-refractivity contribution in [2.75, 3.05) is 0 Å². The average Bonchev–Trinajstić information content (AvgIpc) is 2.48. The predicted octanol–water partition coefficient (Wildman–Crippen LogP) is 4.34. The Morgan fingerprint density at radius 3 is 2.45 bits per heavy atom. The summed E-state index contributed by atoms with van der Waals surface area (Å²) in [5, 5.41) is 2.33. The molecule has 0 aromatic heterocycles. The van der Waals surface area contributed by atoms with Gasteiger partial charge in [-0.15, -0.1) is 0 Å². The van der Waals surface area contributed by atoms with Gasteiger partial charge in [0.1, 0.15) is 5.82 Å². The van der Waals surface area contributed by atoms with Crippen molar-refractivity contribution in [3.8, 4) is 0 Å². The Kier molecular flexibility index (Phi) is 3.25. The molecule has 1 nitrogen and oxygen atoms in total. The van der Waals surface area contributed by atoms with Crippen LogP contribution in [0.3, 0.4) is 0 Å². The minimum absolute atomic E-state index is 0.248. The van der Waals surface area contributed by atoms with Gasteiger partial charge in [-0.05, 0) is 52.6 Å². The van der Waals surface area contributed by atoms with Gasteiger partial charge >= 0.3 is 0 Å². The highest BCUT2D eigenvalue weighted by Crippen LogP contribution is 2.26. The lowest BCUT2D eigenvalue weighted by Gasteiger charge is -2.16. The Bertz CT molecular complexity index is 764. The minimum Gasteiger partial charge on any atom is -0.320 e. The van der Waals surface area contributed by atoms with Crippen LogP contribution in [-0.2, 0) is 0 Å². The van der Waals surface area contributed by atoms with Gasteiger partial charge in [-0.1, -0.05) is 42.5 Å². The molecule has 20 heavy (non-hydrogen) atoms. The zero-order chi connectivity index (χ0) is 14.1. The molecule has 0 saturated carbocycles. The highest BCUT2D eigenvalue weighted by atomic mass is 19.1. The highest BCUT2D eigenvalue weighted by Gasteiger charge is 2.12. The van der Waals surface area contributed by atoms with Crippen LogP contribution >= 0.6 is 0 Å².